The summed E-state index contributed by atoms with van der Waals surface area (Å²) in [5.41, 5.74) is 5.90. The minimum absolute atomic E-state index is 0.199. The molecular formula is C17H21ClN6O2. The van der Waals surface area contributed by atoms with E-state index in [1.54, 1.807) is 13.1 Å². The smallest absolute Gasteiger partial charge is 0.270 e. The van der Waals surface area contributed by atoms with E-state index in [1.165, 1.54) is 17.3 Å². The van der Waals surface area contributed by atoms with Gasteiger partial charge in [-0.2, -0.15) is 0 Å². The number of nitrogen functional groups attached to an aromatic ring is 1. The van der Waals surface area contributed by atoms with Crippen LogP contribution < -0.4 is 16.0 Å². The van der Waals surface area contributed by atoms with Gasteiger partial charge in [0.1, 0.15) is 29.3 Å². The SMILES string of the molecule is CN(/C(C=O)=C/C(Cl)=C1/C(=O)NC2(CCCC2)N1C)c1cc(N)ncn1. The van der Waals surface area contributed by atoms with Crippen LogP contribution in [-0.4, -0.2) is 46.8 Å². The Hall–Kier alpha value is -2.61. The van der Waals surface area contributed by atoms with Gasteiger partial charge in [-0.15, -0.1) is 0 Å². The second-order valence-electron chi connectivity index (χ2n) is 6.50. The Morgan fingerprint density at radius 2 is 2.12 bits per heavy atom. The molecule has 1 aliphatic carbocycles. The van der Waals surface area contributed by atoms with Crippen LogP contribution in [-0.2, 0) is 9.59 Å². The average molecular weight is 377 g/mol. The fourth-order valence-corrected chi connectivity index (χ4v) is 3.82. The molecule has 3 rings (SSSR count). The molecule has 1 spiro atoms. The van der Waals surface area contributed by atoms with Gasteiger partial charge in [0, 0.05) is 20.2 Å². The summed E-state index contributed by atoms with van der Waals surface area (Å²) >= 11 is 6.43. The molecule has 138 valence electrons. The van der Waals surface area contributed by atoms with Crippen molar-refractivity contribution in [2.45, 2.75) is 31.3 Å². The van der Waals surface area contributed by atoms with Gasteiger partial charge in [-0.25, -0.2) is 9.97 Å². The maximum Gasteiger partial charge on any atom is 0.270 e. The lowest BCUT2D eigenvalue weighted by atomic mass is 10.1. The van der Waals surface area contributed by atoms with Crippen molar-refractivity contribution in [1.82, 2.24) is 20.2 Å². The van der Waals surface area contributed by atoms with E-state index in [0.717, 1.165) is 25.7 Å². The number of amides is 1. The summed E-state index contributed by atoms with van der Waals surface area (Å²) in [5, 5.41) is 3.24. The van der Waals surface area contributed by atoms with Gasteiger partial charge in [0.2, 0.25) is 0 Å². The van der Waals surface area contributed by atoms with Gasteiger partial charge >= 0.3 is 0 Å². The van der Waals surface area contributed by atoms with Gasteiger partial charge in [0.25, 0.3) is 5.91 Å². The molecule has 3 N–H and O–H groups in total. The maximum absolute atomic E-state index is 12.5. The molecule has 0 unspecified atom stereocenters. The molecule has 1 aliphatic heterocycles. The maximum atomic E-state index is 12.5. The molecule has 9 heteroatoms. The van der Waals surface area contributed by atoms with Crippen LogP contribution in [0, 0.1) is 0 Å². The summed E-state index contributed by atoms with van der Waals surface area (Å²) in [7, 11) is 3.51. The van der Waals surface area contributed by atoms with Gasteiger partial charge in [0.05, 0.1) is 10.7 Å². The van der Waals surface area contributed by atoms with Gasteiger partial charge < -0.3 is 20.9 Å². The third-order valence-electron chi connectivity index (χ3n) is 5.00. The van der Waals surface area contributed by atoms with Crippen molar-refractivity contribution in [2.24, 2.45) is 0 Å². The molecule has 0 radical (unpaired) electrons. The van der Waals surface area contributed by atoms with Crippen molar-refractivity contribution in [3.63, 3.8) is 0 Å². The molecule has 26 heavy (non-hydrogen) atoms. The zero-order chi connectivity index (χ0) is 18.9. The molecule has 1 aromatic rings. The van der Waals surface area contributed by atoms with Crippen LogP contribution in [0.1, 0.15) is 25.7 Å². The highest BCUT2D eigenvalue weighted by Crippen LogP contribution is 2.39. The van der Waals surface area contributed by atoms with E-state index < -0.39 is 0 Å². The molecule has 1 saturated carbocycles. The number of carbonyl (C=O) groups is 2. The van der Waals surface area contributed by atoms with E-state index in [2.05, 4.69) is 15.3 Å². The Labute approximate surface area is 156 Å². The van der Waals surface area contributed by atoms with Crippen molar-refractivity contribution in [3.8, 4) is 0 Å². The molecule has 1 amide bonds. The minimum atomic E-state index is -0.366. The van der Waals surface area contributed by atoms with E-state index in [4.69, 9.17) is 17.3 Å². The Morgan fingerprint density at radius 3 is 2.73 bits per heavy atom. The summed E-state index contributed by atoms with van der Waals surface area (Å²) in [6.07, 6.45) is 7.31. The number of halogens is 1. The van der Waals surface area contributed by atoms with Crippen molar-refractivity contribution < 1.29 is 9.59 Å². The van der Waals surface area contributed by atoms with Gasteiger partial charge in [0.15, 0.2) is 6.29 Å². The third kappa shape index (κ3) is 3.12. The van der Waals surface area contributed by atoms with E-state index in [0.29, 0.717) is 17.8 Å². The molecule has 0 atom stereocenters. The number of aldehydes is 1. The number of nitrogens with zero attached hydrogens (tertiary/aromatic N) is 4. The van der Waals surface area contributed by atoms with Gasteiger partial charge in [-0.05, 0) is 31.8 Å². The Morgan fingerprint density at radius 1 is 1.42 bits per heavy atom. The highest BCUT2D eigenvalue weighted by molar-refractivity contribution is 6.33. The average Bonchev–Trinajstić information content (AvgIpc) is 3.17. The molecule has 0 bridgehead atoms. The summed E-state index contributed by atoms with van der Waals surface area (Å²) in [6, 6.07) is 1.54. The Kier molecular flexibility index (Phi) is 4.86. The van der Waals surface area contributed by atoms with E-state index >= 15 is 0 Å². The number of rotatable bonds is 4. The number of aromatic nitrogens is 2. The lowest BCUT2D eigenvalue weighted by Crippen LogP contribution is -2.47. The second-order valence-corrected chi connectivity index (χ2v) is 6.90. The standard InChI is InChI=1S/C17H21ClN6O2/c1-23(14-8-13(19)20-10-21-14)11(9-25)7-12(18)15-16(26)22-17(24(15)2)5-3-4-6-17/h7-10H,3-6H2,1-2H3,(H,22,26)(H2,19,20,21)/b11-7+,15-12+. The zero-order valence-corrected chi connectivity index (χ0v) is 15.5. The predicted octanol–water partition coefficient (Wildman–Crippen LogP) is 1.36. The lowest BCUT2D eigenvalue weighted by molar-refractivity contribution is -0.117. The highest BCUT2D eigenvalue weighted by Gasteiger charge is 2.47. The molecule has 0 aromatic carbocycles. The first kappa shape index (κ1) is 18.2. The molecule has 2 heterocycles. The van der Waals surface area contributed by atoms with Crippen molar-refractivity contribution in [3.05, 3.63) is 34.9 Å². The molecule has 2 fully saturated rings. The van der Waals surface area contributed by atoms with Crippen LogP contribution in [0.5, 0.6) is 0 Å². The Balaban J connectivity index is 1.94. The van der Waals surface area contributed by atoms with E-state index in [1.807, 2.05) is 11.9 Å². The zero-order valence-electron chi connectivity index (χ0n) is 14.7. The van der Waals surface area contributed by atoms with Crippen LogP contribution in [0.3, 0.4) is 0 Å². The quantitative estimate of drug-likeness (QED) is 0.603. The first-order valence-corrected chi connectivity index (χ1v) is 8.70. The van der Waals surface area contributed by atoms with Gasteiger partial charge in [-0.3, -0.25) is 9.59 Å². The number of nitrogens with two attached hydrogens (primary N) is 1. The van der Waals surface area contributed by atoms with Crippen LogP contribution in [0.15, 0.2) is 34.9 Å². The monoisotopic (exact) mass is 376 g/mol. The number of anilines is 2. The molecular weight excluding hydrogens is 356 g/mol. The minimum Gasteiger partial charge on any atom is -0.384 e. The van der Waals surface area contributed by atoms with E-state index in [9.17, 15) is 9.59 Å². The van der Waals surface area contributed by atoms with E-state index in [-0.39, 0.29) is 28.1 Å². The lowest BCUT2D eigenvalue weighted by Gasteiger charge is -2.32. The van der Waals surface area contributed by atoms with Crippen molar-refractivity contribution in [2.75, 3.05) is 24.7 Å². The van der Waals surface area contributed by atoms with Crippen LogP contribution >= 0.6 is 11.6 Å². The largest absolute Gasteiger partial charge is 0.384 e. The first-order valence-electron chi connectivity index (χ1n) is 8.32. The van der Waals surface area contributed by atoms with Gasteiger partial charge in [-0.1, -0.05) is 11.6 Å². The fraction of sp³-hybridized carbons (Fsp3) is 0.412. The molecule has 1 aromatic heterocycles. The predicted molar refractivity (Wildman–Crippen MR) is 99.0 cm³/mol. The summed E-state index contributed by atoms with van der Waals surface area (Å²) in [5.74, 6) is 0.506. The van der Waals surface area contributed by atoms with Crippen molar-refractivity contribution >= 4 is 35.4 Å². The normalized spacial score (nSPS) is 21.1. The third-order valence-corrected chi connectivity index (χ3v) is 5.28. The number of carbonyl (C=O) groups excluding carboxylic acids is 2. The molecule has 2 aliphatic rings. The summed E-state index contributed by atoms with van der Waals surface area (Å²) in [4.78, 5) is 35.4. The topological polar surface area (TPSA) is 104 Å². The number of nitrogens with one attached hydrogen (secondary N) is 1. The number of likely N-dealkylation sites (N-methyl/N-ethyl adjacent to an activating group) is 2. The number of hydrogen-bond donors (Lipinski definition) is 2. The fourth-order valence-electron chi connectivity index (χ4n) is 3.49. The number of hydrogen-bond acceptors (Lipinski definition) is 7. The molecule has 1 saturated heterocycles. The Bertz CT molecular complexity index is 800. The highest BCUT2D eigenvalue weighted by atomic mass is 35.5. The van der Waals surface area contributed by atoms with Crippen LogP contribution in [0.2, 0.25) is 0 Å². The first-order chi connectivity index (χ1) is 12.4. The summed E-state index contributed by atoms with van der Waals surface area (Å²) in [6.45, 7) is 0. The van der Waals surface area contributed by atoms with Crippen molar-refractivity contribution in [1.29, 1.82) is 0 Å². The van der Waals surface area contributed by atoms with Crippen LogP contribution in [0.4, 0.5) is 11.6 Å². The number of allylic oxidation sites excluding steroid dienone is 3. The van der Waals surface area contributed by atoms with Crippen LogP contribution in [0.25, 0.3) is 0 Å². The summed E-state index contributed by atoms with van der Waals surface area (Å²) < 4.78 is 0. The second kappa shape index (κ2) is 6.95. The molecule has 8 nitrogen and oxygen atoms in total.